The van der Waals surface area contributed by atoms with Gasteiger partial charge in [-0.1, -0.05) is 15.9 Å². The Balaban J connectivity index is 3.18. The highest BCUT2D eigenvalue weighted by molar-refractivity contribution is 9.10. The van der Waals surface area contributed by atoms with E-state index in [1.54, 1.807) is 14.2 Å². The molecule has 14 heavy (non-hydrogen) atoms. The van der Waals surface area contributed by atoms with Crippen LogP contribution in [0.1, 0.15) is 19.4 Å². The molecule has 78 valence electrons. The van der Waals surface area contributed by atoms with Crippen molar-refractivity contribution in [3.05, 3.63) is 28.2 Å². The summed E-state index contributed by atoms with van der Waals surface area (Å²) in [5.74, 6) is 0.841. The Labute approximate surface area is 93.4 Å². The van der Waals surface area contributed by atoms with Crippen molar-refractivity contribution in [2.45, 2.75) is 19.4 Å². The summed E-state index contributed by atoms with van der Waals surface area (Å²) in [5.41, 5.74) is 0.771. The molecule has 3 heteroatoms. The van der Waals surface area contributed by atoms with Gasteiger partial charge in [-0.25, -0.2) is 0 Å². The summed E-state index contributed by atoms with van der Waals surface area (Å²) < 4.78 is 11.6. The van der Waals surface area contributed by atoms with Crippen LogP contribution in [0.4, 0.5) is 0 Å². The van der Waals surface area contributed by atoms with E-state index < -0.39 is 0 Å². The smallest absolute Gasteiger partial charge is 0.119 e. The molecule has 0 radical (unpaired) electrons. The monoisotopic (exact) mass is 258 g/mol. The van der Waals surface area contributed by atoms with Crippen LogP contribution >= 0.6 is 15.9 Å². The van der Waals surface area contributed by atoms with E-state index in [9.17, 15) is 0 Å². The van der Waals surface area contributed by atoms with Crippen LogP contribution in [0.15, 0.2) is 22.7 Å². The number of hydrogen-bond donors (Lipinski definition) is 0. The van der Waals surface area contributed by atoms with Crippen LogP contribution < -0.4 is 4.74 Å². The standard InChI is InChI=1S/C11H15BrO2/c1-11(2,14-4)9-7-8(13-3)5-6-10(9)12/h5-7H,1-4H3. The van der Waals surface area contributed by atoms with Crippen molar-refractivity contribution >= 4 is 15.9 Å². The summed E-state index contributed by atoms with van der Waals surface area (Å²) in [6, 6.07) is 5.86. The van der Waals surface area contributed by atoms with E-state index in [1.807, 2.05) is 32.0 Å². The zero-order valence-electron chi connectivity index (χ0n) is 8.93. The third kappa shape index (κ3) is 2.28. The third-order valence-electron chi connectivity index (χ3n) is 2.33. The number of methoxy groups -OCH3 is 2. The molecule has 0 saturated carbocycles. The second kappa shape index (κ2) is 4.32. The second-order valence-corrected chi connectivity index (χ2v) is 4.41. The highest BCUT2D eigenvalue weighted by Gasteiger charge is 2.22. The summed E-state index contributed by atoms with van der Waals surface area (Å²) in [5, 5.41) is 0. The molecule has 1 rings (SSSR count). The second-order valence-electron chi connectivity index (χ2n) is 3.56. The molecule has 0 N–H and O–H groups in total. The fraction of sp³-hybridized carbons (Fsp3) is 0.455. The Morgan fingerprint density at radius 1 is 1.21 bits per heavy atom. The van der Waals surface area contributed by atoms with Crippen molar-refractivity contribution in [2.75, 3.05) is 14.2 Å². The van der Waals surface area contributed by atoms with Gasteiger partial charge in [0.25, 0.3) is 0 Å². The summed E-state index contributed by atoms with van der Waals surface area (Å²) in [6.45, 7) is 4.04. The third-order valence-corrected chi connectivity index (χ3v) is 3.02. The Morgan fingerprint density at radius 2 is 1.86 bits per heavy atom. The lowest BCUT2D eigenvalue weighted by Gasteiger charge is -2.25. The minimum absolute atomic E-state index is 0.312. The van der Waals surface area contributed by atoms with E-state index in [1.165, 1.54) is 0 Å². The first kappa shape index (κ1) is 11.5. The van der Waals surface area contributed by atoms with Gasteiger partial charge >= 0.3 is 0 Å². The maximum Gasteiger partial charge on any atom is 0.119 e. The minimum Gasteiger partial charge on any atom is -0.497 e. The first-order valence-electron chi connectivity index (χ1n) is 4.40. The summed E-state index contributed by atoms with van der Waals surface area (Å²) in [4.78, 5) is 0. The predicted octanol–water partition coefficient (Wildman–Crippen LogP) is 3.34. The average molecular weight is 259 g/mol. The Kier molecular flexibility index (Phi) is 3.56. The van der Waals surface area contributed by atoms with Crippen LogP contribution in [-0.4, -0.2) is 14.2 Å². The average Bonchev–Trinajstić information content (AvgIpc) is 2.18. The van der Waals surface area contributed by atoms with Crippen molar-refractivity contribution in [2.24, 2.45) is 0 Å². The van der Waals surface area contributed by atoms with Gasteiger partial charge in [0.05, 0.1) is 12.7 Å². The van der Waals surface area contributed by atoms with Gasteiger partial charge in [0.15, 0.2) is 0 Å². The summed E-state index contributed by atoms with van der Waals surface area (Å²) in [6.07, 6.45) is 0. The molecule has 0 atom stereocenters. The summed E-state index contributed by atoms with van der Waals surface area (Å²) in [7, 11) is 3.36. The van der Waals surface area contributed by atoms with E-state index in [0.29, 0.717) is 0 Å². The quantitative estimate of drug-likeness (QED) is 0.828. The van der Waals surface area contributed by atoms with Gasteiger partial charge in [-0.3, -0.25) is 0 Å². The molecule has 2 nitrogen and oxygen atoms in total. The van der Waals surface area contributed by atoms with Gasteiger partial charge in [0, 0.05) is 17.1 Å². The lowest BCUT2D eigenvalue weighted by molar-refractivity contribution is 0.0184. The maximum atomic E-state index is 5.42. The van der Waals surface area contributed by atoms with Crippen molar-refractivity contribution in [1.29, 1.82) is 0 Å². The molecule has 0 saturated heterocycles. The molecular formula is C11H15BrO2. The molecule has 0 heterocycles. The van der Waals surface area contributed by atoms with E-state index >= 15 is 0 Å². The molecule has 0 bridgehead atoms. The lowest BCUT2D eigenvalue weighted by Crippen LogP contribution is -2.20. The van der Waals surface area contributed by atoms with Crippen molar-refractivity contribution in [1.82, 2.24) is 0 Å². The number of rotatable bonds is 3. The molecular weight excluding hydrogens is 244 g/mol. The highest BCUT2D eigenvalue weighted by Crippen LogP contribution is 2.33. The van der Waals surface area contributed by atoms with Crippen LogP contribution in [0.2, 0.25) is 0 Å². The van der Waals surface area contributed by atoms with Crippen LogP contribution in [0.3, 0.4) is 0 Å². The molecule has 0 amide bonds. The molecule has 1 aromatic rings. The molecule has 0 fully saturated rings. The Hall–Kier alpha value is -0.540. The maximum absolute atomic E-state index is 5.42. The molecule has 0 unspecified atom stereocenters. The first-order chi connectivity index (χ1) is 6.51. The normalized spacial score (nSPS) is 11.5. The van der Waals surface area contributed by atoms with Crippen molar-refractivity contribution in [3.63, 3.8) is 0 Å². The summed E-state index contributed by atoms with van der Waals surface area (Å²) >= 11 is 3.50. The van der Waals surface area contributed by atoms with E-state index in [0.717, 1.165) is 15.8 Å². The van der Waals surface area contributed by atoms with Crippen LogP contribution in [-0.2, 0) is 10.3 Å². The zero-order valence-corrected chi connectivity index (χ0v) is 10.5. The number of ether oxygens (including phenoxy) is 2. The first-order valence-corrected chi connectivity index (χ1v) is 5.19. The van der Waals surface area contributed by atoms with Crippen LogP contribution in [0.25, 0.3) is 0 Å². The van der Waals surface area contributed by atoms with Crippen LogP contribution in [0.5, 0.6) is 5.75 Å². The molecule has 1 aromatic carbocycles. The van der Waals surface area contributed by atoms with E-state index in [-0.39, 0.29) is 5.60 Å². The Bertz CT molecular complexity index is 321. The van der Waals surface area contributed by atoms with Gasteiger partial charge in [0.2, 0.25) is 0 Å². The highest BCUT2D eigenvalue weighted by atomic mass is 79.9. The zero-order chi connectivity index (χ0) is 10.8. The van der Waals surface area contributed by atoms with Gasteiger partial charge in [-0.15, -0.1) is 0 Å². The molecule has 0 aliphatic carbocycles. The SMILES string of the molecule is COc1ccc(Br)c(C(C)(C)OC)c1. The molecule has 0 spiro atoms. The predicted molar refractivity (Wildman–Crippen MR) is 60.7 cm³/mol. The van der Waals surface area contributed by atoms with Crippen LogP contribution in [0, 0.1) is 0 Å². The van der Waals surface area contributed by atoms with Gasteiger partial charge in [0.1, 0.15) is 5.75 Å². The molecule has 0 aliphatic heterocycles. The fourth-order valence-electron chi connectivity index (χ4n) is 1.20. The van der Waals surface area contributed by atoms with Gasteiger partial charge in [-0.05, 0) is 32.0 Å². The van der Waals surface area contributed by atoms with Crippen molar-refractivity contribution < 1.29 is 9.47 Å². The fourth-order valence-corrected chi connectivity index (χ4v) is 1.93. The number of hydrogen-bond acceptors (Lipinski definition) is 2. The minimum atomic E-state index is -0.312. The lowest BCUT2D eigenvalue weighted by atomic mass is 9.98. The topological polar surface area (TPSA) is 18.5 Å². The number of halogens is 1. The largest absolute Gasteiger partial charge is 0.497 e. The van der Waals surface area contributed by atoms with Crippen molar-refractivity contribution in [3.8, 4) is 5.75 Å². The van der Waals surface area contributed by atoms with E-state index in [4.69, 9.17) is 9.47 Å². The molecule has 0 aromatic heterocycles. The van der Waals surface area contributed by atoms with Gasteiger partial charge < -0.3 is 9.47 Å². The molecule has 0 aliphatic rings. The number of benzene rings is 1. The van der Waals surface area contributed by atoms with E-state index in [2.05, 4.69) is 15.9 Å². The Morgan fingerprint density at radius 3 is 2.36 bits per heavy atom. The van der Waals surface area contributed by atoms with Gasteiger partial charge in [-0.2, -0.15) is 0 Å².